The van der Waals surface area contributed by atoms with Crippen LogP contribution in [-0.2, 0) is 0 Å². The zero-order valence-corrected chi connectivity index (χ0v) is 15.5. The fourth-order valence-electron chi connectivity index (χ4n) is 2.15. The van der Waals surface area contributed by atoms with E-state index in [0.29, 0.717) is 27.9 Å². The highest BCUT2D eigenvalue weighted by atomic mass is 79.9. The molecule has 0 amide bonds. The normalized spacial score (nSPS) is 10.2. The summed E-state index contributed by atoms with van der Waals surface area (Å²) in [6.45, 7) is 0. The predicted octanol–water partition coefficient (Wildman–Crippen LogP) is 4.91. The zero-order valence-electron chi connectivity index (χ0n) is 13.1. The number of halogens is 2. The van der Waals surface area contributed by atoms with E-state index in [1.54, 1.807) is 24.3 Å². The van der Waals surface area contributed by atoms with E-state index in [4.69, 9.17) is 4.42 Å². The largest absolute Gasteiger partial charge is 0.455 e. The maximum atomic E-state index is 13.0. The lowest BCUT2D eigenvalue weighted by Crippen LogP contribution is -1.89. The molecule has 2 N–H and O–H groups in total. The number of carbonyl (C=O) groups excluding carboxylic acids is 1. The monoisotopic (exact) mass is 410 g/mol. The van der Waals surface area contributed by atoms with Gasteiger partial charge in [0.15, 0.2) is 6.29 Å². The number of anilines is 1. The maximum Gasteiger partial charge on any atom is 0.154 e. The SMILES string of the molecule is CNC.O=Cc1c(-c2ccc(F)cc2)oc2cc(NS)c(Br)cc12. The van der Waals surface area contributed by atoms with Crippen LogP contribution in [0.4, 0.5) is 10.1 Å². The second kappa shape index (κ2) is 8.32. The van der Waals surface area contributed by atoms with Gasteiger partial charge in [0, 0.05) is 21.5 Å². The van der Waals surface area contributed by atoms with Gasteiger partial charge in [0.1, 0.15) is 17.2 Å². The summed E-state index contributed by atoms with van der Waals surface area (Å²) in [7, 11) is 3.75. The van der Waals surface area contributed by atoms with Gasteiger partial charge in [-0.3, -0.25) is 4.79 Å². The molecule has 0 atom stereocenters. The molecule has 7 heteroatoms. The average molecular weight is 411 g/mol. The van der Waals surface area contributed by atoms with Crippen molar-refractivity contribution in [1.82, 2.24) is 5.32 Å². The van der Waals surface area contributed by atoms with E-state index in [-0.39, 0.29) is 5.82 Å². The second-order valence-corrected chi connectivity index (χ2v) is 5.99. The van der Waals surface area contributed by atoms with Crippen LogP contribution >= 0.6 is 28.7 Å². The Hall–Kier alpha value is -1.83. The van der Waals surface area contributed by atoms with Gasteiger partial charge in [-0.25, -0.2) is 4.39 Å². The number of carbonyl (C=O) groups is 1. The zero-order chi connectivity index (χ0) is 17.7. The third-order valence-corrected chi connectivity index (χ3v) is 4.06. The van der Waals surface area contributed by atoms with Crippen LogP contribution in [0.2, 0.25) is 0 Å². The molecule has 0 aliphatic carbocycles. The standard InChI is InChI=1S/C15H9BrFNO2S.C2H7N/c16-12-5-10-11(7-19)15(8-1-3-9(17)4-2-8)20-14(10)6-13(12)18-21;1-3-2/h1-7,18,21H;3H,1-2H3. The minimum Gasteiger partial charge on any atom is -0.455 e. The number of benzene rings is 2. The molecule has 1 aromatic heterocycles. The number of hydrogen-bond donors (Lipinski definition) is 3. The molecule has 0 aliphatic heterocycles. The summed E-state index contributed by atoms with van der Waals surface area (Å²) in [6.07, 6.45) is 0.741. The van der Waals surface area contributed by atoms with Crippen LogP contribution in [0.15, 0.2) is 45.3 Å². The summed E-state index contributed by atoms with van der Waals surface area (Å²) >= 11 is 7.41. The fraction of sp³-hybridized carbons (Fsp3) is 0.118. The molecule has 0 saturated carbocycles. The molecule has 24 heavy (non-hydrogen) atoms. The Bertz CT molecular complexity index is 850. The van der Waals surface area contributed by atoms with Crippen molar-refractivity contribution in [2.75, 3.05) is 18.8 Å². The molecule has 3 rings (SSSR count). The molecular weight excluding hydrogens is 395 g/mol. The number of rotatable bonds is 3. The lowest BCUT2D eigenvalue weighted by Gasteiger charge is -2.01. The Labute approximate surface area is 153 Å². The van der Waals surface area contributed by atoms with Gasteiger partial charge in [-0.15, -0.1) is 0 Å². The van der Waals surface area contributed by atoms with Crippen molar-refractivity contribution in [2.45, 2.75) is 0 Å². The van der Waals surface area contributed by atoms with Crippen LogP contribution in [0.5, 0.6) is 0 Å². The summed E-state index contributed by atoms with van der Waals surface area (Å²) in [5.41, 5.74) is 2.35. The first-order chi connectivity index (χ1) is 11.5. The number of furan rings is 1. The van der Waals surface area contributed by atoms with E-state index in [9.17, 15) is 9.18 Å². The number of aldehydes is 1. The molecule has 3 aromatic rings. The molecular formula is C17H16BrFN2O2S. The summed E-state index contributed by atoms with van der Waals surface area (Å²) in [4.78, 5) is 11.4. The van der Waals surface area contributed by atoms with Crippen molar-refractivity contribution in [1.29, 1.82) is 0 Å². The first-order valence-corrected chi connectivity index (χ1v) is 8.25. The smallest absolute Gasteiger partial charge is 0.154 e. The van der Waals surface area contributed by atoms with Crippen LogP contribution < -0.4 is 10.0 Å². The van der Waals surface area contributed by atoms with Crippen LogP contribution in [0.1, 0.15) is 10.4 Å². The highest BCUT2D eigenvalue weighted by Gasteiger charge is 2.17. The molecule has 1 heterocycles. The van der Waals surface area contributed by atoms with E-state index in [1.807, 2.05) is 14.1 Å². The van der Waals surface area contributed by atoms with Crippen LogP contribution in [0.3, 0.4) is 0 Å². The highest BCUT2D eigenvalue weighted by molar-refractivity contribution is 9.10. The Morgan fingerprint density at radius 3 is 2.38 bits per heavy atom. The maximum absolute atomic E-state index is 13.0. The van der Waals surface area contributed by atoms with Crippen molar-refractivity contribution in [3.63, 3.8) is 0 Å². The van der Waals surface area contributed by atoms with Crippen molar-refractivity contribution >= 4 is 51.7 Å². The number of nitrogens with one attached hydrogen (secondary N) is 2. The minimum atomic E-state index is -0.341. The van der Waals surface area contributed by atoms with E-state index in [1.165, 1.54) is 12.1 Å². The van der Waals surface area contributed by atoms with E-state index in [0.717, 1.165) is 16.4 Å². The molecule has 0 unspecified atom stereocenters. The molecule has 0 saturated heterocycles. The molecule has 0 bridgehead atoms. The van der Waals surface area contributed by atoms with Crippen molar-refractivity contribution in [3.8, 4) is 11.3 Å². The van der Waals surface area contributed by atoms with E-state index in [2.05, 4.69) is 38.8 Å². The van der Waals surface area contributed by atoms with Gasteiger partial charge in [0.05, 0.1) is 11.3 Å². The van der Waals surface area contributed by atoms with Gasteiger partial charge in [0.25, 0.3) is 0 Å². The third kappa shape index (κ3) is 3.80. The topological polar surface area (TPSA) is 54.3 Å². The first kappa shape index (κ1) is 18.5. The predicted molar refractivity (Wildman–Crippen MR) is 102 cm³/mol. The summed E-state index contributed by atoms with van der Waals surface area (Å²) < 4.78 is 22.3. The van der Waals surface area contributed by atoms with Crippen molar-refractivity contribution in [2.24, 2.45) is 0 Å². The third-order valence-electron chi connectivity index (χ3n) is 3.16. The quantitative estimate of drug-likeness (QED) is 0.424. The van der Waals surface area contributed by atoms with Gasteiger partial charge in [-0.05, 0) is 60.4 Å². The van der Waals surface area contributed by atoms with Gasteiger partial charge < -0.3 is 14.5 Å². The molecule has 0 spiro atoms. The number of thiol groups is 1. The number of fused-ring (bicyclic) bond motifs is 1. The molecule has 0 fully saturated rings. The Morgan fingerprint density at radius 2 is 1.83 bits per heavy atom. The van der Waals surface area contributed by atoms with E-state index >= 15 is 0 Å². The first-order valence-electron chi connectivity index (χ1n) is 7.01. The molecule has 126 valence electrons. The Kier molecular flexibility index (Phi) is 6.42. The number of hydrogen-bond acceptors (Lipinski definition) is 5. The summed E-state index contributed by atoms with van der Waals surface area (Å²) in [5.74, 6) is 0.0787. The van der Waals surface area contributed by atoms with Gasteiger partial charge >= 0.3 is 0 Å². The van der Waals surface area contributed by atoms with Crippen LogP contribution in [0, 0.1) is 5.82 Å². The van der Waals surface area contributed by atoms with Crippen LogP contribution in [0.25, 0.3) is 22.3 Å². The highest BCUT2D eigenvalue weighted by Crippen LogP contribution is 2.37. The molecule has 0 radical (unpaired) electrons. The van der Waals surface area contributed by atoms with Gasteiger partial charge in [0.2, 0.25) is 0 Å². The Morgan fingerprint density at radius 1 is 1.21 bits per heavy atom. The van der Waals surface area contributed by atoms with Crippen molar-refractivity contribution in [3.05, 3.63) is 52.3 Å². The van der Waals surface area contributed by atoms with Gasteiger partial charge in [-0.2, -0.15) is 0 Å². The summed E-state index contributed by atoms with van der Waals surface area (Å²) in [6, 6.07) is 9.34. The lowest BCUT2D eigenvalue weighted by atomic mass is 10.1. The van der Waals surface area contributed by atoms with Crippen molar-refractivity contribution < 1.29 is 13.6 Å². The second-order valence-electron chi connectivity index (χ2n) is 4.91. The van der Waals surface area contributed by atoms with Gasteiger partial charge in [-0.1, -0.05) is 12.8 Å². The molecule has 2 aromatic carbocycles. The fourth-order valence-corrected chi connectivity index (χ4v) is 2.93. The lowest BCUT2D eigenvalue weighted by molar-refractivity contribution is 0.112. The van der Waals surface area contributed by atoms with E-state index < -0.39 is 0 Å². The molecule has 0 aliphatic rings. The summed E-state index contributed by atoms with van der Waals surface area (Å²) in [5, 5.41) is 3.43. The van der Waals surface area contributed by atoms with Crippen LogP contribution in [-0.4, -0.2) is 20.4 Å². The molecule has 4 nitrogen and oxygen atoms in total. The average Bonchev–Trinajstić information content (AvgIpc) is 2.92. The minimum absolute atomic E-state index is 0.341. The Balaban J connectivity index is 0.000000647.